The lowest BCUT2D eigenvalue weighted by Gasteiger charge is -2.19. The summed E-state index contributed by atoms with van der Waals surface area (Å²) in [5.74, 6) is 5.95. The molecule has 4 nitrogen and oxygen atoms in total. The van der Waals surface area contributed by atoms with Gasteiger partial charge in [-0.2, -0.15) is 0 Å². The first-order valence-electron chi connectivity index (χ1n) is 7.07. The van der Waals surface area contributed by atoms with Crippen molar-refractivity contribution >= 4 is 6.09 Å². The Morgan fingerprint density at radius 3 is 2.71 bits per heavy atom. The summed E-state index contributed by atoms with van der Waals surface area (Å²) in [7, 11) is 0. The first-order valence-corrected chi connectivity index (χ1v) is 7.07. The van der Waals surface area contributed by atoms with E-state index >= 15 is 0 Å². The molecular weight excluding hydrogens is 266 g/mol. The largest absolute Gasteiger partial charge is 0.444 e. The van der Waals surface area contributed by atoms with Crippen LogP contribution in [0.2, 0.25) is 0 Å². The first-order chi connectivity index (χ1) is 9.92. The van der Waals surface area contributed by atoms with Crippen LogP contribution in [0.4, 0.5) is 4.79 Å². The molecule has 0 heterocycles. The molecule has 0 spiro atoms. The number of nitrogens with one attached hydrogen (secondary N) is 1. The Morgan fingerprint density at radius 1 is 1.33 bits per heavy atom. The number of carbonyl (C=O) groups is 1. The van der Waals surface area contributed by atoms with Crippen LogP contribution in [-0.2, 0) is 11.2 Å². The highest BCUT2D eigenvalue weighted by atomic mass is 16.6. The van der Waals surface area contributed by atoms with E-state index in [2.05, 4.69) is 17.2 Å². The molecule has 0 fully saturated rings. The average molecular weight is 289 g/mol. The van der Waals surface area contributed by atoms with E-state index < -0.39 is 11.7 Å². The quantitative estimate of drug-likeness (QED) is 0.837. The first kappa shape index (κ1) is 17.1. The molecule has 0 radical (unpaired) electrons. The smallest absolute Gasteiger partial charge is 0.408 e. The molecule has 0 aromatic heterocycles. The third kappa shape index (κ3) is 7.38. The van der Waals surface area contributed by atoms with Crippen molar-refractivity contribution in [3.05, 3.63) is 35.4 Å². The molecule has 1 aromatic rings. The molecule has 4 heteroatoms. The molecule has 114 valence electrons. The highest BCUT2D eigenvalue weighted by molar-refractivity contribution is 5.68. The average Bonchev–Trinajstić information content (AvgIpc) is 2.40. The van der Waals surface area contributed by atoms with Crippen molar-refractivity contribution in [2.45, 2.75) is 39.2 Å². The summed E-state index contributed by atoms with van der Waals surface area (Å²) in [6.07, 6.45) is 1.04. The summed E-state index contributed by atoms with van der Waals surface area (Å²) in [5.41, 5.74) is 1.53. The summed E-state index contributed by atoms with van der Waals surface area (Å²) in [6.45, 7) is 5.85. The van der Waals surface area contributed by atoms with Crippen molar-refractivity contribution in [3.8, 4) is 11.8 Å². The van der Waals surface area contributed by atoms with Crippen LogP contribution < -0.4 is 5.32 Å². The molecule has 1 amide bonds. The van der Waals surface area contributed by atoms with Crippen LogP contribution in [0, 0.1) is 11.8 Å². The maximum atomic E-state index is 11.4. The van der Waals surface area contributed by atoms with Gasteiger partial charge in [0.15, 0.2) is 0 Å². The predicted octanol–water partition coefficient (Wildman–Crippen LogP) is 2.49. The summed E-state index contributed by atoms with van der Waals surface area (Å²) in [5, 5.41) is 11.5. The fourth-order valence-corrected chi connectivity index (χ4v) is 1.70. The Hall–Kier alpha value is -1.99. The van der Waals surface area contributed by atoms with E-state index in [9.17, 15) is 4.79 Å². The van der Waals surface area contributed by atoms with E-state index in [1.165, 1.54) is 0 Å². The number of amides is 1. The third-order valence-corrected chi connectivity index (χ3v) is 2.56. The molecule has 1 aromatic carbocycles. The van der Waals surface area contributed by atoms with Gasteiger partial charge in [0.1, 0.15) is 5.60 Å². The van der Waals surface area contributed by atoms with E-state index in [0.717, 1.165) is 24.0 Å². The summed E-state index contributed by atoms with van der Waals surface area (Å²) in [6, 6.07) is 7.82. The SMILES string of the molecule is CC(C)(C)OC(=O)NCC#Cc1ccccc1CCCO. The fourth-order valence-electron chi connectivity index (χ4n) is 1.70. The van der Waals surface area contributed by atoms with Gasteiger partial charge in [-0.25, -0.2) is 4.79 Å². The molecule has 0 aliphatic heterocycles. The number of rotatable bonds is 4. The number of carbonyl (C=O) groups excluding carboxylic acids is 1. The van der Waals surface area contributed by atoms with Gasteiger partial charge in [0.2, 0.25) is 0 Å². The van der Waals surface area contributed by atoms with Crippen molar-refractivity contribution in [2.75, 3.05) is 13.2 Å². The summed E-state index contributed by atoms with van der Waals surface area (Å²) >= 11 is 0. The number of hydrogen-bond acceptors (Lipinski definition) is 3. The van der Waals surface area contributed by atoms with Gasteiger partial charge < -0.3 is 15.2 Å². The summed E-state index contributed by atoms with van der Waals surface area (Å²) < 4.78 is 5.12. The molecule has 0 bridgehead atoms. The number of alkyl carbamates (subject to hydrolysis) is 1. The van der Waals surface area contributed by atoms with Crippen molar-refractivity contribution < 1.29 is 14.6 Å². The summed E-state index contributed by atoms with van der Waals surface area (Å²) in [4.78, 5) is 11.4. The Bertz CT molecular complexity index is 521. The molecule has 2 N–H and O–H groups in total. The number of aliphatic hydroxyl groups is 1. The monoisotopic (exact) mass is 289 g/mol. The molecule has 0 saturated carbocycles. The Morgan fingerprint density at radius 2 is 2.05 bits per heavy atom. The van der Waals surface area contributed by atoms with Crippen LogP contribution in [0.3, 0.4) is 0 Å². The van der Waals surface area contributed by atoms with Gasteiger partial charge in [0, 0.05) is 12.2 Å². The molecule has 21 heavy (non-hydrogen) atoms. The maximum Gasteiger partial charge on any atom is 0.408 e. The van der Waals surface area contributed by atoms with Gasteiger partial charge in [-0.05, 0) is 45.2 Å². The van der Waals surface area contributed by atoms with Gasteiger partial charge in [-0.3, -0.25) is 0 Å². The van der Waals surface area contributed by atoms with Crippen LogP contribution >= 0.6 is 0 Å². The molecule has 0 atom stereocenters. The third-order valence-electron chi connectivity index (χ3n) is 2.56. The van der Waals surface area contributed by atoms with Gasteiger partial charge in [-0.1, -0.05) is 30.0 Å². The van der Waals surface area contributed by atoms with Crippen molar-refractivity contribution in [3.63, 3.8) is 0 Å². The highest BCUT2D eigenvalue weighted by Crippen LogP contribution is 2.09. The van der Waals surface area contributed by atoms with Crippen molar-refractivity contribution in [2.24, 2.45) is 0 Å². The Balaban J connectivity index is 2.53. The van der Waals surface area contributed by atoms with Gasteiger partial charge >= 0.3 is 6.09 Å². The van der Waals surface area contributed by atoms with E-state index in [1.54, 1.807) is 0 Å². The maximum absolute atomic E-state index is 11.4. The van der Waals surface area contributed by atoms with Crippen LogP contribution in [0.1, 0.15) is 38.3 Å². The minimum atomic E-state index is -0.506. The Labute approximate surface area is 126 Å². The minimum absolute atomic E-state index is 0.169. The molecule has 0 unspecified atom stereocenters. The van der Waals surface area contributed by atoms with Crippen molar-refractivity contribution in [1.29, 1.82) is 0 Å². The second kappa shape index (κ2) is 8.33. The van der Waals surface area contributed by atoms with Gasteiger partial charge in [0.25, 0.3) is 0 Å². The van der Waals surface area contributed by atoms with Crippen molar-refractivity contribution in [1.82, 2.24) is 5.32 Å². The van der Waals surface area contributed by atoms with Gasteiger partial charge in [-0.15, -0.1) is 0 Å². The molecule has 0 aliphatic rings. The van der Waals surface area contributed by atoms with Crippen LogP contribution in [0.5, 0.6) is 0 Å². The standard InChI is InChI=1S/C17H23NO3/c1-17(2,3)21-16(20)18-12-6-10-14-8-4-5-9-15(14)11-7-13-19/h4-5,8-9,19H,7,11-13H2,1-3H3,(H,18,20). The molecular formula is C17H23NO3. The zero-order chi connectivity index (χ0) is 15.7. The minimum Gasteiger partial charge on any atom is -0.444 e. The zero-order valence-electron chi connectivity index (χ0n) is 12.9. The lowest BCUT2D eigenvalue weighted by atomic mass is 10.0. The van der Waals surface area contributed by atoms with E-state index in [4.69, 9.17) is 9.84 Å². The highest BCUT2D eigenvalue weighted by Gasteiger charge is 2.14. The van der Waals surface area contributed by atoms with E-state index in [0.29, 0.717) is 0 Å². The topological polar surface area (TPSA) is 58.6 Å². The normalized spacial score (nSPS) is 10.5. The Kier molecular flexibility index (Phi) is 6.77. The van der Waals surface area contributed by atoms with Crippen LogP contribution in [0.15, 0.2) is 24.3 Å². The second-order valence-corrected chi connectivity index (χ2v) is 5.64. The fraction of sp³-hybridized carbons (Fsp3) is 0.471. The van der Waals surface area contributed by atoms with E-state index in [-0.39, 0.29) is 13.2 Å². The lowest BCUT2D eigenvalue weighted by Crippen LogP contribution is -2.32. The zero-order valence-corrected chi connectivity index (χ0v) is 12.9. The van der Waals surface area contributed by atoms with Gasteiger partial charge in [0.05, 0.1) is 6.54 Å². The number of aliphatic hydroxyl groups excluding tert-OH is 1. The molecule has 0 saturated heterocycles. The lowest BCUT2D eigenvalue weighted by molar-refractivity contribution is 0.0535. The molecule has 1 rings (SSSR count). The van der Waals surface area contributed by atoms with Crippen LogP contribution in [-0.4, -0.2) is 30.0 Å². The van der Waals surface area contributed by atoms with Crippen LogP contribution in [0.25, 0.3) is 0 Å². The number of hydrogen-bond donors (Lipinski definition) is 2. The number of aryl methyl sites for hydroxylation is 1. The second-order valence-electron chi connectivity index (χ2n) is 5.64. The molecule has 0 aliphatic carbocycles. The van der Waals surface area contributed by atoms with E-state index in [1.807, 2.05) is 45.0 Å². The number of ether oxygens (including phenoxy) is 1. The predicted molar refractivity (Wildman–Crippen MR) is 83.0 cm³/mol. The number of benzene rings is 1.